The SMILES string of the molecule is C=CC(OC(C=C)/C(C)=C\C)/C(C)=C\C. The van der Waals surface area contributed by atoms with Gasteiger partial charge in [-0.1, -0.05) is 24.3 Å². The normalized spacial score (nSPS) is 17.1. The van der Waals surface area contributed by atoms with Gasteiger partial charge in [-0.05, 0) is 38.8 Å². The van der Waals surface area contributed by atoms with Gasteiger partial charge in [-0.25, -0.2) is 0 Å². The fourth-order valence-corrected chi connectivity index (χ4v) is 1.18. The molecule has 0 aliphatic heterocycles. The maximum Gasteiger partial charge on any atom is 0.0973 e. The lowest BCUT2D eigenvalue weighted by atomic mass is 10.1. The fraction of sp³-hybridized carbons (Fsp3) is 0.429. The third-order valence-electron chi connectivity index (χ3n) is 2.53. The van der Waals surface area contributed by atoms with Crippen molar-refractivity contribution in [3.8, 4) is 0 Å². The zero-order chi connectivity index (χ0) is 11.8. The second-order valence-corrected chi connectivity index (χ2v) is 3.51. The van der Waals surface area contributed by atoms with E-state index >= 15 is 0 Å². The molecule has 0 fully saturated rings. The van der Waals surface area contributed by atoms with Crippen molar-refractivity contribution in [3.05, 3.63) is 48.6 Å². The molecule has 0 saturated heterocycles. The van der Waals surface area contributed by atoms with E-state index in [-0.39, 0.29) is 12.2 Å². The van der Waals surface area contributed by atoms with Crippen LogP contribution in [-0.2, 0) is 4.74 Å². The van der Waals surface area contributed by atoms with E-state index in [1.54, 1.807) is 0 Å². The summed E-state index contributed by atoms with van der Waals surface area (Å²) in [5.74, 6) is 0. The van der Waals surface area contributed by atoms with Crippen molar-refractivity contribution in [2.75, 3.05) is 0 Å². The number of rotatable bonds is 6. The van der Waals surface area contributed by atoms with Crippen molar-refractivity contribution in [2.24, 2.45) is 0 Å². The second kappa shape index (κ2) is 7.24. The molecule has 2 atom stereocenters. The van der Waals surface area contributed by atoms with Crippen molar-refractivity contribution in [1.29, 1.82) is 0 Å². The third kappa shape index (κ3) is 4.30. The van der Waals surface area contributed by atoms with Gasteiger partial charge in [-0.3, -0.25) is 0 Å². The van der Waals surface area contributed by atoms with Crippen LogP contribution in [-0.4, -0.2) is 12.2 Å². The molecule has 0 aliphatic carbocycles. The van der Waals surface area contributed by atoms with Crippen molar-refractivity contribution in [3.63, 3.8) is 0 Å². The second-order valence-electron chi connectivity index (χ2n) is 3.51. The third-order valence-corrected chi connectivity index (χ3v) is 2.53. The summed E-state index contributed by atoms with van der Waals surface area (Å²) >= 11 is 0. The Bertz CT molecular complexity index is 243. The first-order valence-electron chi connectivity index (χ1n) is 5.26. The summed E-state index contributed by atoms with van der Waals surface area (Å²) in [7, 11) is 0. The Morgan fingerprint density at radius 2 is 1.27 bits per heavy atom. The molecule has 84 valence electrons. The van der Waals surface area contributed by atoms with E-state index in [4.69, 9.17) is 4.74 Å². The molecule has 0 saturated carbocycles. The highest BCUT2D eigenvalue weighted by Gasteiger charge is 2.13. The highest BCUT2D eigenvalue weighted by Crippen LogP contribution is 2.15. The fourth-order valence-electron chi connectivity index (χ4n) is 1.18. The lowest BCUT2D eigenvalue weighted by Crippen LogP contribution is -2.20. The highest BCUT2D eigenvalue weighted by atomic mass is 16.5. The molecule has 0 spiro atoms. The summed E-state index contributed by atoms with van der Waals surface area (Å²) < 4.78 is 5.88. The number of hydrogen-bond acceptors (Lipinski definition) is 1. The molecule has 0 aromatic carbocycles. The maximum absolute atomic E-state index is 5.88. The molecule has 0 heterocycles. The first kappa shape index (κ1) is 13.9. The van der Waals surface area contributed by atoms with Gasteiger partial charge in [-0.15, -0.1) is 13.2 Å². The van der Waals surface area contributed by atoms with Crippen LogP contribution in [0, 0.1) is 0 Å². The molecule has 0 amide bonds. The van der Waals surface area contributed by atoms with E-state index in [1.807, 2.05) is 52.0 Å². The van der Waals surface area contributed by atoms with Gasteiger partial charge in [0.1, 0.15) is 0 Å². The molecule has 0 aromatic rings. The molecule has 0 aliphatic rings. The quantitative estimate of drug-likeness (QED) is 0.596. The van der Waals surface area contributed by atoms with Gasteiger partial charge in [0, 0.05) is 0 Å². The molecule has 1 heteroatoms. The van der Waals surface area contributed by atoms with E-state index < -0.39 is 0 Å². The Balaban J connectivity index is 4.65. The van der Waals surface area contributed by atoms with Crippen molar-refractivity contribution in [1.82, 2.24) is 0 Å². The van der Waals surface area contributed by atoms with E-state index in [0.29, 0.717) is 0 Å². The predicted octanol–water partition coefficient (Wildman–Crippen LogP) is 4.04. The van der Waals surface area contributed by atoms with Crippen LogP contribution in [0.3, 0.4) is 0 Å². The summed E-state index contributed by atoms with van der Waals surface area (Å²) in [6.45, 7) is 15.6. The molecule has 15 heavy (non-hydrogen) atoms. The monoisotopic (exact) mass is 206 g/mol. The average Bonchev–Trinajstić information content (AvgIpc) is 2.28. The molecule has 2 unspecified atom stereocenters. The molecule has 0 rings (SSSR count). The summed E-state index contributed by atoms with van der Waals surface area (Å²) in [6.07, 6.45) is 7.64. The van der Waals surface area contributed by atoms with Gasteiger partial charge in [0.25, 0.3) is 0 Å². The van der Waals surface area contributed by atoms with Crippen molar-refractivity contribution in [2.45, 2.75) is 39.9 Å². The molecule has 0 bridgehead atoms. The number of hydrogen-bond donors (Lipinski definition) is 0. The lowest BCUT2D eigenvalue weighted by Gasteiger charge is -2.21. The van der Waals surface area contributed by atoms with Crippen LogP contribution in [0.5, 0.6) is 0 Å². The Hall–Kier alpha value is -1.08. The van der Waals surface area contributed by atoms with Crippen LogP contribution in [0.25, 0.3) is 0 Å². The Morgan fingerprint density at radius 3 is 1.47 bits per heavy atom. The van der Waals surface area contributed by atoms with E-state index in [1.165, 1.54) is 11.1 Å². The Labute approximate surface area is 93.8 Å². The van der Waals surface area contributed by atoms with E-state index in [0.717, 1.165) is 0 Å². The zero-order valence-electron chi connectivity index (χ0n) is 10.3. The smallest absolute Gasteiger partial charge is 0.0973 e. The lowest BCUT2D eigenvalue weighted by molar-refractivity contribution is 0.0828. The summed E-state index contributed by atoms with van der Waals surface area (Å²) in [6, 6.07) is 0. The van der Waals surface area contributed by atoms with Crippen LogP contribution < -0.4 is 0 Å². The van der Waals surface area contributed by atoms with Gasteiger partial charge in [0.05, 0.1) is 12.2 Å². The predicted molar refractivity (Wildman–Crippen MR) is 67.9 cm³/mol. The highest BCUT2D eigenvalue weighted by molar-refractivity contribution is 5.15. The minimum Gasteiger partial charge on any atom is -0.358 e. The largest absolute Gasteiger partial charge is 0.358 e. The van der Waals surface area contributed by atoms with Crippen LogP contribution in [0.15, 0.2) is 48.6 Å². The van der Waals surface area contributed by atoms with Gasteiger partial charge in [0.15, 0.2) is 0 Å². The maximum atomic E-state index is 5.88. The summed E-state index contributed by atoms with van der Waals surface area (Å²) in [4.78, 5) is 0. The van der Waals surface area contributed by atoms with Gasteiger partial charge < -0.3 is 4.74 Å². The standard InChI is InChI=1S/C14H22O/c1-7-11(5)13(9-3)15-14(10-4)12(6)8-2/h7-10,13-14H,3-4H2,1-2,5-6H3/b11-7-,12-8-. The minimum atomic E-state index is -0.0344. The van der Waals surface area contributed by atoms with Crippen molar-refractivity contribution >= 4 is 0 Å². The van der Waals surface area contributed by atoms with Gasteiger partial charge in [0.2, 0.25) is 0 Å². The molecule has 1 nitrogen and oxygen atoms in total. The van der Waals surface area contributed by atoms with E-state index in [2.05, 4.69) is 13.2 Å². The molecular weight excluding hydrogens is 184 g/mol. The first-order chi connectivity index (χ1) is 7.10. The molecule has 0 radical (unpaired) electrons. The number of ether oxygens (including phenoxy) is 1. The topological polar surface area (TPSA) is 9.23 Å². The van der Waals surface area contributed by atoms with Crippen LogP contribution >= 0.6 is 0 Å². The van der Waals surface area contributed by atoms with Crippen LogP contribution in [0.1, 0.15) is 27.7 Å². The summed E-state index contributed by atoms with van der Waals surface area (Å²) in [5.41, 5.74) is 2.33. The van der Waals surface area contributed by atoms with Gasteiger partial charge >= 0.3 is 0 Å². The first-order valence-corrected chi connectivity index (χ1v) is 5.26. The number of allylic oxidation sites excluding steroid dienone is 2. The zero-order valence-corrected chi connectivity index (χ0v) is 10.3. The molecule has 0 aromatic heterocycles. The van der Waals surface area contributed by atoms with Crippen LogP contribution in [0.4, 0.5) is 0 Å². The van der Waals surface area contributed by atoms with Crippen LogP contribution in [0.2, 0.25) is 0 Å². The molecular formula is C14H22O. The summed E-state index contributed by atoms with van der Waals surface area (Å²) in [5, 5.41) is 0. The molecule has 0 N–H and O–H groups in total. The average molecular weight is 206 g/mol. The minimum absolute atomic E-state index is 0.0344. The Morgan fingerprint density at radius 1 is 0.933 bits per heavy atom. The van der Waals surface area contributed by atoms with Gasteiger partial charge in [-0.2, -0.15) is 0 Å². The Kier molecular flexibility index (Phi) is 6.72. The van der Waals surface area contributed by atoms with E-state index in [9.17, 15) is 0 Å². The van der Waals surface area contributed by atoms with Crippen molar-refractivity contribution < 1.29 is 4.74 Å².